The van der Waals surface area contributed by atoms with E-state index in [1.165, 1.54) is 26.7 Å². The van der Waals surface area contributed by atoms with Crippen molar-refractivity contribution in [1.82, 2.24) is 10.6 Å². The van der Waals surface area contributed by atoms with Crippen LogP contribution in [0.1, 0.15) is 55.2 Å². The van der Waals surface area contributed by atoms with E-state index in [2.05, 4.69) is 30.8 Å². The van der Waals surface area contributed by atoms with E-state index in [0.29, 0.717) is 35.0 Å². The molecular formula is C29H36FN7O4. The molecule has 1 saturated carbocycles. The molecule has 1 atom stereocenters. The fraction of sp³-hybridized carbons (Fsp3) is 0.448. The molecule has 1 fully saturated rings. The number of amidine groups is 1. The Balaban J connectivity index is 1.42. The number of halogens is 1. The molecule has 41 heavy (non-hydrogen) atoms. The lowest BCUT2D eigenvalue weighted by atomic mass is 9.84. The van der Waals surface area contributed by atoms with Crippen LogP contribution in [0.25, 0.3) is 0 Å². The average Bonchev–Trinajstić information content (AvgIpc) is 3.51. The van der Waals surface area contributed by atoms with Crippen molar-refractivity contribution in [3.05, 3.63) is 58.9 Å². The highest BCUT2D eigenvalue weighted by atomic mass is 19.1. The molecule has 0 radical (unpaired) electrons. The maximum absolute atomic E-state index is 14.3. The number of methoxy groups -OCH3 is 2. The van der Waals surface area contributed by atoms with Gasteiger partial charge in [-0.2, -0.15) is 5.11 Å². The number of nitrogens with zero attached hydrogens (tertiary/aromatic N) is 4. The van der Waals surface area contributed by atoms with Crippen molar-refractivity contribution in [2.45, 2.75) is 57.5 Å². The second-order valence-electron chi connectivity index (χ2n) is 10.1. The second-order valence-corrected chi connectivity index (χ2v) is 10.1. The molecule has 218 valence electrons. The Morgan fingerprint density at radius 2 is 1.83 bits per heavy atom. The van der Waals surface area contributed by atoms with Crippen molar-refractivity contribution in [3.8, 4) is 11.5 Å². The number of azo groups is 1. The fourth-order valence-corrected chi connectivity index (χ4v) is 5.05. The highest BCUT2D eigenvalue weighted by Gasteiger charge is 2.25. The smallest absolute Gasteiger partial charge is 0.245 e. The van der Waals surface area contributed by atoms with Crippen molar-refractivity contribution >= 4 is 23.6 Å². The van der Waals surface area contributed by atoms with Gasteiger partial charge in [-0.3, -0.25) is 14.9 Å². The summed E-state index contributed by atoms with van der Waals surface area (Å²) in [5.41, 5.74) is 7.72. The minimum Gasteiger partial charge on any atom is -0.493 e. The van der Waals surface area contributed by atoms with Gasteiger partial charge in [-0.05, 0) is 47.7 Å². The minimum atomic E-state index is -0.785. The van der Waals surface area contributed by atoms with Gasteiger partial charge in [0.2, 0.25) is 11.8 Å². The number of benzene rings is 2. The van der Waals surface area contributed by atoms with Crippen LogP contribution in [0.4, 0.5) is 4.39 Å². The van der Waals surface area contributed by atoms with Gasteiger partial charge in [0.05, 0.1) is 26.2 Å². The van der Waals surface area contributed by atoms with Crippen LogP contribution in [0.2, 0.25) is 0 Å². The van der Waals surface area contributed by atoms with Crippen LogP contribution in [0, 0.1) is 11.7 Å². The van der Waals surface area contributed by atoms with Crippen molar-refractivity contribution in [2.75, 3.05) is 20.9 Å². The zero-order valence-electron chi connectivity index (χ0n) is 23.4. The van der Waals surface area contributed by atoms with E-state index < -0.39 is 11.9 Å². The summed E-state index contributed by atoms with van der Waals surface area (Å²) in [4.78, 5) is 34.5. The Kier molecular flexibility index (Phi) is 10.4. The van der Waals surface area contributed by atoms with Crippen molar-refractivity contribution in [2.24, 2.45) is 31.9 Å². The predicted octanol–water partition coefficient (Wildman–Crippen LogP) is 3.64. The van der Waals surface area contributed by atoms with Crippen LogP contribution in [0.15, 0.2) is 56.6 Å². The van der Waals surface area contributed by atoms with Gasteiger partial charge >= 0.3 is 0 Å². The summed E-state index contributed by atoms with van der Waals surface area (Å²) in [6, 6.07) is 8.92. The topological polar surface area (TPSA) is 152 Å². The molecule has 11 nitrogen and oxygen atoms in total. The number of amides is 2. The van der Waals surface area contributed by atoms with Crippen molar-refractivity contribution in [1.29, 1.82) is 0 Å². The Morgan fingerprint density at radius 1 is 1.07 bits per heavy atom. The summed E-state index contributed by atoms with van der Waals surface area (Å²) >= 11 is 0. The quantitative estimate of drug-likeness (QED) is 0.281. The van der Waals surface area contributed by atoms with Gasteiger partial charge in [0, 0.05) is 6.54 Å². The van der Waals surface area contributed by atoms with Crippen LogP contribution in [0.3, 0.4) is 0 Å². The van der Waals surface area contributed by atoms with E-state index in [0.717, 1.165) is 25.7 Å². The van der Waals surface area contributed by atoms with Crippen LogP contribution in [0.5, 0.6) is 11.5 Å². The molecule has 0 spiro atoms. The Hall–Kier alpha value is -4.35. The molecule has 2 amide bonds. The number of ether oxygens (including phenoxy) is 2. The first-order chi connectivity index (χ1) is 19.9. The molecular weight excluding hydrogens is 529 g/mol. The molecule has 1 aliphatic carbocycles. The number of nitrogens with one attached hydrogen (secondary N) is 2. The van der Waals surface area contributed by atoms with Crippen LogP contribution in [-0.4, -0.2) is 50.5 Å². The fourth-order valence-electron chi connectivity index (χ4n) is 5.05. The first-order valence-corrected chi connectivity index (χ1v) is 13.7. The molecule has 0 bridgehead atoms. The minimum absolute atomic E-state index is 0.0355. The van der Waals surface area contributed by atoms with E-state index in [1.807, 2.05) is 0 Å². The van der Waals surface area contributed by atoms with Gasteiger partial charge in [-0.15, -0.1) is 5.11 Å². The van der Waals surface area contributed by atoms with Gasteiger partial charge in [0.25, 0.3) is 0 Å². The first kappa shape index (κ1) is 29.6. The molecule has 2 aromatic rings. The second kappa shape index (κ2) is 14.3. The predicted molar refractivity (Wildman–Crippen MR) is 153 cm³/mol. The van der Waals surface area contributed by atoms with Crippen LogP contribution < -0.4 is 25.8 Å². The molecule has 4 N–H and O–H groups in total. The number of aliphatic imine (C=N–C) groups is 2. The lowest BCUT2D eigenvalue weighted by molar-refractivity contribution is -0.123. The molecule has 1 heterocycles. The number of guanidine groups is 1. The lowest BCUT2D eigenvalue weighted by Gasteiger charge is -2.24. The van der Waals surface area contributed by atoms with E-state index in [1.54, 1.807) is 30.3 Å². The summed E-state index contributed by atoms with van der Waals surface area (Å²) in [6.07, 6.45) is 5.99. The SMILES string of the molecule is COc1ccc(CC(=O)NC(N)=N[C@H](CC2CCCCC2)C(=O)NCc2ccc(F)c(C3=NCN=N3)c2)cc1OC. The molecule has 0 saturated heterocycles. The van der Waals surface area contributed by atoms with Crippen molar-refractivity contribution < 1.29 is 23.5 Å². The number of hydrogen-bond acceptors (Lipinski definition) is 8. The van der Waals surface area contributed by atoms with E-state index in [9.17, 15) is 14.0 Å². The highest BCUT2D eigenvalue weighted by Crippen LogP contribution is 2.29. The highest BCUT2D eigenvalue weighted by molar-refractivity contribution is 6.00. The summed E-state index contributed by atoms with van der Waals surface area (Å²) in [5, 5.41) is 13.1. The summed E-state index contributed by atoms with van der Waals surface area (Å²) in [6.45, 7) is 0.321. The van der Waals surface area contributed by atoms with Crippen LogP contribution >= 0.6 is 0 Å². The number of hydrogen-bond donors (Lipinski definition) is 3. The Bertz CT molecular complexity index is 1340. The maximum atomic E-state index is 14.3. The summed E-state index contributed by atoms with van der Waals surface area (Å²) < 4.78 is 24.9. The monoisotopic (exact) mass is 565 g/mol. The standard InChI is InChI=1S/C29H36FN7O4/c1-40-24-11-9-19(14-25(24)41-2)15-26(38)36-29(31)35-23(13-18-6-4-3-5-7-18)28(39)32-16-20-8-10-22(30)21(12-20)27-33-17-34-37-27/h8-12,14,18,23H,3-7,13,15-17H2,1-2H3,(H,32,39)(H3,31,35,36,38)/t23-/m1/s1. The van der Waals surface area contributed by atoms with Crippen molar-refractivity contribution in [3.63, 3.8) is 0 Å². The molecule has 1 aliphatic heterocycles. The van der Waals surface area contributed by atoms with Gasteiger partial charge < -0.3 is 20.5 Å². The zero-order valence-corrected chi connectivity index (χ0v) is 23.4. The lowest BCUT2D eigenvalue weighted by Crippen LogP contribution is -2.42. The van der Waals surface area contributed by atoms with E-state index >= 15 is 0 Å². The zero-order chi connectivity index (χ0) is 29.2. The number of carbonyl (C=O) groups is 2. The Labute approximate surface area is 238 Å². The largest absolute Gasteiger partial charge is 0.493 e. The molecule has 0 aromatic heterocycles. The van der Waals surface area contributed by atoms with Gasteiger partial charge in [0.1, 0.15) is 11.9 Å². The Morgan fingerprint density at radius 3 is 2.54 bits per heavy atom. The first-order valence-electron chi connectivity index (χ1n) is 13.7. The maximum Gasteiger partial charge on any atom is 0.245 e. The summed E-state index contributed by atoms with van der Waals surface area (Å²) in [5.74, 6) is 0.351. The third-order valence-electron chi connectivity index (χ3n) is 7.15. The molecule has 0 unspecified atom stereocenters. The number of rotatable bonds is 11. The average molecular weight is 566 g/mol. The molecule has 2 aromatic carbocycles. The summed E-state index contributed by atoms with van der Waals surface area (Å²) in [7, 11) is 3.06. The molecule has 2 aliphatic rings. The molecule has 12 heteroatoms. The van der Waals surface area contributed by atoms with Gasteiger partial charge in [0.15, 0.2) is 30.0 Å². The van der Waals surface area contributed by atoms with E-state index in [-0.39, 0.29) is 48.8 Å². The van der Waals surface area contributed by atoms with Gasteiger partial charge in [-0.1, -0.05) is 44.2 Å². The van der Waals surface area contributed by atoms with E-state index in [4.69, 9.17) is 15.2 Å². The third-order valence-corrected chi connectivity index (χ3v) is 7.15. The number of carbonyl (C=O) groups excluding carboxylic acids is 2. The van der Waals surface area contributed by atoms with Gasteiger partial charge in [-0.25, -0.2) is 14.4 Å². The van der Waals surface area contributed by atoms with Crippen LogP contribution in [-0.2, 0) is 22.6 Å². The molecule has 4 rings (SSSR count). The third kappa shape index (κ3) is 8.32. The normalized spacial score (nSPS) is 16.2. The number of nitrogens with two attached hydrogens (primary N) is 1.